The highest BCUT2D eigenvalue weighted by Gasteiger charge is 2.25. The van der Waals surface area contributed by atoms with E-state index in [1.54, 1.807) is 7.11 Å². The smallest absolute Gasteiger partial charge is 0.118 e. The van der Waals surface area contributed by atoms with Crippen molar-refractivity contribution in [3.63, 3.8) is 0 Å². The Morgan fingerprint density at radius 1 is 1.00 bits per heavy atom. The van der Waals surface area contributed by atoms with Gasteiger partial charge in [-0.2, -0.15) is 0 Å². The molecule has 0 N–H and O–H groups in total. The van der Waals surface area contributed by atoms with Crippen molar-refractivity contribution < 1.29 is 4.74 Å². The molecule has 1 aliphatic heterocycles. The van der Waals surface area contributed by atoms with E-state index in [9.17, 15) is 0 Å². The molecule has 110 valence electrons. The Kier molecular flexibility index (Phi) is 4.58. The third-order valence-electron chi connectivity index (χ3n) is 4.46. The van der Waals surface area contributed by atoms with Gasteiger partial charge in [-0.25, -0.2) is 0 Å². The van der Waals surface area contributed by atoms with Crippen LogP contribution in [0, 0.1) is 5.92 Å². The number of benzene rings is 1. The number of hydrogen-bond acceptors (Lipinski definition) is 3. The van der Waals surface area contributed by atoms with Gasteiger partial charge in [-0.1, -0.05) is 12.1 Å². The summed E-state index contributed by atoms with van der Waals surface area (Å²) in [4.78, 5) is 5.26. The van der Waals surface area contributed by atoms with E-state index in [2.05, 4.69) is 34.1 Å². The standard InChI is InChI=1S/C17H26N2O/c1-20-17-7-5-16(6-8-17)14-19-10-2-9-18(11-12-19)13-15-3-4-15/h5-8,15H,2-4,9-14H2,1H3. The fraction of sp³-hybridized carbons (Fsp3) is 0.647. The molecule has 1 aromatic rings. The van der Waals surface area contributed by atoms with E-state index < -0.39 is 0 Å². The van der Waals surface area contributed by atoms with E-state index in [1.165, 1.54) is 57.5 Å². The van der Waals surface area contributed by atoms with Crippen molar-refractivity contribution in [3.05, 3.63) is 29.8 Å². The molecule has 1 heterocycles. The fourth-order valence-corrected chi connectivity index (χ4v) is 3.02. The Morgan fingerprint density at radius 3 is 2.40 bits per heavy atom. The van der Waals surface area contributed by atoms with Crippen LogP contribution < -0.4 is 4.74 Å². The van der Waals surface area contributed by atoms with Crippen molar-refractivity contribution >= 4 is 0 Å². The molecule has 0 aromatic heterocycles. The van der Waals surface area contributed by atoms with Gasteiger partial charge in [-0.05, 0) is 56.0 Å². The van der Waals surface area contributed by atoms with E-state index >= 15 is 0 Å². The van der Waals surface area contributed by atoms with Crippen LogP contribution in [0.15, 0.2) is 24.3 Å². The largest absolute Gasteiger partial charge is 0.497 e. The van der Waals surface area contributed by atoms with Gasteiger partial charge in [-0.15, -0.1) is 0 Å². The molecule has 1 aromatic carbocycles. The van der Waals surface area contributed by atoms with Crippen molar-refractivity contribution in [2.24, 2.45) is 5.92 Å². The number of rotatable bonds is 5. The zero-order chi connectivity index (χ0) is 13.8. The number of ether oxygens (including phenoxy) is 1. The Hall–Kier alpha value is -1.06. The molecule has 20 heavy (non-hydrogen) atoms. The van der Waals surface area contributed by atoms with Gasteiger partial charge >= 0.3 is 0 Å². The Bertz CT molecular complexity index is 414. The van der Waals surface area contributed by atoms with E-state index in [0.29, 0.717) is 0 Å². The monoisotopic (exact) mass is 274 g/mol. The summed E-state index contributed by atoms with van der Waals surface area (Å²) in [6.07, 6.45) is 4.24. The van der Waals surface area contributed by atoms with Crippen LogP contribution in [-0.2, 0) is 6.54 Å². The van der Waals surface area contributed by atoms with Gasteiger partial charge in [-0.3, -0.25) is 4.90 Å². The maximum atomic E-state index is 5.22. The molecule has 3 rings (SSSR count). The highest BCUT2D eigenvalue weighted by molar-refractivity contribution is 5.27. The second kappa shape index (κ2) is 6.59. The zero-order valence-corrected chi connectivity index (χ0v) is 12.6. The topological polar surface area (TPSA) is 15.7 Å². The molecule has 0 atom stereocenters. The van der Waals surface area contributed by atoms with Gasteiger partial charge in [0.05, 0.1) is 7.11 Å². The Labute approximate surface area is 122 Å². The molecule has 0 radical (unpaired) electrons. The van der Waals surface area contributed by atoms with Crippen LogP contribution in [0.25, 0.3) is 0 Å². The van der Waals surface area contributed by atoms with Crippen molar-refractivity contribution in [2.75, 3.05) is 39.8 Å². The molecule has 0 amide bonds. The quantitative estimate of drug-likeness (QED) is 0.821. The average molecular weight is 274 g/mol. The first-order chi connectivity index (χ1) is 9.83. The van der Waals surface area contributed by atoms with Crippen LogP contribution in [0.3, 0.4) is 0 Å². The zero-order valence-electron chi connectivity index (χ0n) is 12.6. The minimum Gasteiger partial charge on any atom is -0.497 e. The summed E-state index contributed by atoms with van der Waals surface area (Å²) in [6, 6.07) is 8.50. The predicted octanol–water partition coefficient (Wildman–Crippen LogP) is 2.61. The van der Waals surface area contributed by atoms with Gasteiger partial charge in [0.1, 0.15) is 5.75 Å². The van der Waals surface area contributed by atoms with E-state index in [4.69, 9.17) is 4.74 Å². The number of nitrogens with zero attached hydrogens (tertiary/aromatic N) is 2. The lowest BCUT2D eigenvalue weighted by Gasteiger charge is -2.21. The van der Waals surface area contributed by atoms with Crippen LogP contribution in [0.4, 0.5) is 0 Å². The lowest BCUT2D eigenvalue weighted by Crippen LogP contribution is -2.31. The number of methoxy groups -OCH3 is 1. The first-order valence-corrected chi connectivity index (χ1v) is 7.91. The minimum atomic E-state index is 0.945. The molecule has 1 saturated heterocycles. The molecule has 2 aliphatic rings. The van der Waals surface area contributed by atoms with Gasteiger partial charge in [0.2, 0.25) is 0 Å². The van der Waals surface area contributed by atoms with Crippen molar-refractivity contribution in [2.45, 2.75) is 25.8 Å². The first kappa shape index (κ1) is 13.9. The summed E-state index contributed by atoms with van der Waals surface area (Å²) in [5, 5.41) is 0. The van der Waals surface area contributed by atoms with Crippen molar-refractivity contribution in [3.8, 4) is 5.75 Å². The fourth-order valence-electron chi connectivity index (χ4n) is 3.02. The second-order valence-electron chi connectivity index (χ2n) is 6.22. The van der Waals surface area contributed by atoms with Gasteiger partial charge in [0, 0.05) is 26.2 Å². The normalized spacial score (nSPS) is 21.6. The molecule has 3 nitrogen and oxygen atoms in total. The lowest BCUT2D eigenvalue weighted by atomic mass is 10.2. The molecular formula is C17H26N2O. The van der Waals surface area contributed by atoms with Crippen LogP contribution in [0.2, 0.25) is 0 Å². The van der Waals surface area contributed by atoms with Crippen LogP contribution in [0.1, 0.15) is 24.8 Å². The lowest BCUT2D eigenvalue weighted by molar-refractivity contribution is 0.246. The van der Waals surface area contributed by atoms with Gasteiger partial charge in [0.25, 0.3) is 0 Å². The van der Waals surface area contributed by atoms with Crippen molar-refractivity contribution in [1.82, 2.24) is 9.80 Å². The van der Waals surface area contributed by atoms with E-state index in [-0.39, 0.29) is 0 Å². The third kappa shape index (κ3) is 3.97. The maximum absolute atomic E-state index is 5.22. The summed E-state index contributed by atoms with van der Waals surface area (Å²) in [5.74, 6) is 1.96. The van der Waals surface area contributed by atoms with E-state index in [0.717, 1.165) is 18.2 Å². The summed E-state index contributed by atoms with van der Waals surface area (Å²) in [6.45, 7) is 7.38. The molecule has 3 heteroatoms. The van der Waals surface area contributed by atoms with Crippen LogP contribution >= 0.6 is 0 Å². The molecule has 2 fully saturated rings. The molecule has 0 bridgehead atoms. The Balaban J connectivity index is 1.49. The molecule has 0 unspecified atom stereocenters. The highest BCUT2D eigenvalue weighted by atomic mass is 16.5. The molecular weight excluding hydrogens is 248 g/mol. The van der Waals surface area contributed by atoms with Crippen molar-refractivity contribution in [1.29, 1.82) is 0 Å². The van der Waals surface area contributed by atoms with Crippen LogP contribution in [-0.4, -0.2) is 49.6 Å². The minimum absolute atomic E-state index is 0.945. The first-order valence-electron chi connectivity index (χ1n) is 7.91. The third-order valence-corrected chi connectivity index (χ3v) is 4.46. The number of hydrogen-bond donors (Lipinski definition) is 0. The summed E-state index contributed by atoms with van der Waals surface area (Å²) in [5.41, 5.74) is 1.39. The highest BCUT2D eigenvalue weighted by Crippen LogP contribution is 2.30. The predicted molar refractivity (Wildman–Crippen MR) is 82.1 cm³/mol. The molecule has 1 aliphatic carbocycles. The summed E-state index contributed by atoms with van der Waals surface area (Å²) >= 11 is 0. The summed E-state index contributed by atoms with van der Waals surface area (Å²) in [7, 11) is 1.72. The maximum Gasteiger partial charge on any atom is 0.118 e. The van der Waals surface area contributed by atoms with Gasteiger partial charge < -0.3 is 9.64 Å². The second-order valence-corrected chi connectivity index (χ2v) is 6.22. The average Bonchev–Trinajstić information content (AvgIpc) is 3.30. The molecule has 0 spiro atoms. The van der Waals surface area contributed by atoms with Crippen LogP contribution in [0.5, 0.6) is 5.75 Å². The SMILES string of the molecule is COc1ccc(CN2CCCN(CC3CC3)CC2)cc1. The van der Waals surface area contributed by atoms with Gasteiger partial charge in [0.15, 0.2) is 0 Å². The Morgan fingerprint density at radius 2 is 1.70 bits per heavy atom. The molecule has 1 saturated carbocycles. The van der Waals surface area contributed by atoms with E-state index in [1.807, 2.05) is 0 Å². The summed E-state index contributed by atoms with van der Waals surface area (Å²) < 4.78 is 5.22.